The number of halogens is 2. The van der Waals surface area contributed by atoms with E-state index in [1.807, 2.05) is 0 Å². The topological polar surface area (TPSA) is 57.6 Å². The minimum Gasteiger partial charge on any atom is -0.387 e. The summed E-state index contributed by atoms with van der Waals surface area (Å²) in [4.78, 5) is 1.70. The molecule has 1 aliphatic rings. The van der Waals surface area contributed by atoms with Gasteiger partial charge < -0.3 is 5.11 Å². The van der Waals surface area contributed by atoms with Gasteiger partial charge in [0.25, 0.3) is 0 Å². The second kappa shape index (κ2) is 6.85. The first kappa shape index (κ1) is 17.1. The smallest absolute Gasteiger partial charge is 0.151 e. The van der Waals surface area contributed by atoms with Crippen molar-refractivity contribution >= 4 is 9.84 Å². The largest absolute Gasteiger partial charge is 0.387 e. The third-order valence-corrected chi connectivity index (χ3v) is 5.58. The quantitative estimate of drug-likeness (QED) is 0.806. The van der Waals surface area contributed by atoms with Crippen molar-refractivity contribution in [3.8, 4) is 0 Å². The van der Waals surface area contributed by atoms with Gasteiger partial charge >= 0.3 is 0 Å². The van der Waals surface area contributed by atoms with Crippen LogP contribution in [0.4, 0.5) is 8.78 Å². The lowest BCUT2D eigenvalue weighted by molar-refractivity contribution is 0.0949. The predicted molar refractivity (Wildman–Crippen MR) is 80.1 cm³/mol. The molecule has 2 rings (SSSR count). The van der Waals surface area contributed by atoms with E-state index in [0.29, 0.717) is 13.0 Å². The Hall–Kier alpha value is -1.31. The second-order valence-corrected chi connectivity index (χ2v) is 7.68. The number of sulfone groups is 1. The van der Waals surface area contributed by atoms with Gasteiger partial charge in [0, 0.05) is 19.1 Å². The van der Waals surface area contributed by atoms with Crippen molar-refractivity contribution in [1.82, 2.24) is 4.90 Å². The van der Waals surface area contributed by atoms with Crippen molar-refractivity contribution in [2.24, 2.45) is 0 Å². The summed E-state index contributed by atoms with van der Waals surface area (Å²) in [6, 6.07) is 3.12. The summed E-state index contributed by atoms with van der Waals surface area (Å²) in [5.41, 5.74) is -0.391. The zero-order valence-corrected chi connectivity index (χ0v) is 12.9. The van der Waals surface area contributed by atoms with Crippen LogP contribution in [0.5, 0.6) is 0 Å². The second-order valence-electron chi connectivity index (χ2n) is 5.45. The van der Waals surface area contributed by atoms with Gasteiger partial charge in [0.2, 0.25) is 0 Å². The third-order valence-electron chi connectivity index (χ3n) is 3.83. The highest BCUT2D eigenvalue weighted by atomic mass is 32.2. The Bertz CT molecular complexity index is 628. The van der Waals surface area contributed by atoms with E-state index in [0.717, 1.165) is 12.1 Å². The molecule has 2 unspecified atom stereocenters. The van der Waals surface area contributed by atoms with Gasteiger partial charge in [0.15, 0.2) is 9.84 Å². The van der Waals surface area contributed by atoms with Gasteiger partial charge in [-0.1, -0.05) is 12.1 Å². The molecule has 4 nitrogen and oxygen atoms in total. The first-order valence-corrected chi connectivity index (χ1v) is 8.83. The van der Waals surface area contributed by atoms with Crippen molar-refractivity contribution in [3.63, 3.8) is 0 Å². The molecular formula is C15H19F2NO3S. The maximum atomic E-state index is 13.7. The summed E-state index contributed by atoms with van der Waals surface area (Å²) in [7, 11) is -3.08. The molecule has 1 fully saturated rings. The molecule has 1 aliphatic heterocycles. The van der Waals surface area contributed by atoms with Crippen molar-refractivity contribution in [2.45, 2.75) is 18.6 Å². The summed E-state index contributed by atoms with van der Waals surface area (Å²) < 4.78 is 50.6. The Morgan fingerprint density at radius 2 is 2.05 bits per heavy atom. The molecule has 2 atom stereocenters. The summed E-state index contributed by atoms with van der Waals surface area (Å²) in [6.45, 7) is 3.89. The highest BCUT2D eigenvalue weighted by Crippen LogP contribution is 2.24. The van der Waals surface area contributed by atoms with Crippen molar-refractivity contribution in [3.05, 3.63) is 48.1 Å². The number of hydrogen-bond donors (Lipinski definition) is 1. The first-order valence-electron chi connectivity index (χ1n) is 7.01. The average molecular weight is 331 g/mol. The summed E-state index contributed by atoms with van der Waals surface area (Å²) in [6.07, 6.45) is 0.655. The lowest BCUT2D eigenvalue weighted by Gasteiger charge is -2.29. The summed E-state index contributed by atoms with van der Waals surface area (Å²) >= 11 is 0. The van der Waals surface area contributed by atoms with E-state index in [9.17, 15) is 22.3 Å². The molecule has 1 aromatic rings. The number of hydrogen-bond acceptors (Lipinski definition) is 4. The third kappa shape index (κ3) is 3.91. The van der Waals surface area contributed by atoms with Gasteiger partial charge in [0.05, 0.1) is 23.2 Å². The number of nitrogens with zero attached hydrogens (tertiary/aromatic N) is 1. The van der Waals surface area contributed by atoms with Gasteiger partial charge in [0.1, 0.15) is 11.6 Å². The molecule has 1 N–H and O–H groups in total. The van der Waals surface area contributed by atoms with Crippen LogP contribution in [0.3, 0.4) is 0 Å². The number of aliphatic hydroxyl groups is 1. The first-order chi connectivity index (χ1) is 10.3. The lowest BCUT2D eigenvalue weighted by Crippen LogP contribution is -2.39. The molecule has 0 amide bonds. The van der Waals surface area contributed by atoms with Crippen LogP contribution < -0.4 is 0 Å². The Kier molecular flexibility index (Phi) is 5.31. The van der Waals surface area contributed by atoms with E-state index in [4.69, 9.17) is 0 Å². The molecule has 0 aromatic heterocycles. The molecule has 0 spiro atoms. The molecule has 1 aromatic carbocycles. The molecule has 0 bridgehead atoms. The fourth-order valence-corrected chi connectivity index (χ4v) is 4.51. The molecule has 0 aliphatic carbocycles. The average Bonchev–Trinajstić information content (AvgIpc) is 2.78. The Morgan fingerprint density at radius 1 is 1.41 bits per heavy atom. The minimum atomic E-state index is -3.08. The van der Waals surface area contributed by atoms with Crippen molar-refractivity contribution in [1.29, 1.82) is 0 Å². The SMILES string of the molecule is C=CCN(CC(O)c1c(F)cccc1F)C1CCS(=O)(=O)C1. The molecule has 0 radical (unpaired) electrons. The van der Waals surface area contributed by atoms with E-state index in [1.54, 1.807) is 11.0 Å². The molecular weight excluding hydrogens is 312 g/mol. The summed E-state index contributed by atoms with van der Waals surface area (Å²) in [5.74, 6) is -1.54. The zero-order valence-electron chi connectivity index (χ0n) is 12.1. The van der Waals surface area contributed by atoms with Gasteiger partial charge in [-0.3, -0.25) is 4.90 Å². The van der Waals surface area contributed by atoms with Crippen LogP contribution in [-0.4, -0.2) is 49.1 Å². The molecule has 0 saturated carbocycles. The monoisotopic (exact) mass is 331 g/mol. The van der Waals surface area contributed by atoms with E-state index < -0.39 is 33.1 Å². The summed E-state index contributed by atoms with van der Waals surface area (Å²) in [5, 5.41) is 10.2. The molecule has 1 heterocycles. The Balaban J connectivity index is 2.16. The molecule has 122 valence electrons. The number of aliphatic hydroxyl groups excluding tert-OH is 1. The van der Waals surface area contributed by atoms with Crippen LogP contribution in [0.25, 0.3) is 0 Å². The van der Waals surface area contributed by atoms with Crippen molar-refractivity contribution < 1.29 is 22.3 Å². The van der Waals surface area contributed by atoms with E-state index in [-0.39, 0.29) is 24.1 Å². The normalized spacial score (nSPS) is 21.9. The van der Waals surface area contributed by atoms with Crippen LogP contribution in [0.15, 0.2) is 30.9 Å². The Labute approximate surface area is 129 Å². The maximum absolute atomic E-state index is 13.7. The fraction of sp³-hybridized carbons (Fsp3) is 0.467. The Morgan fingerprint density at radius 3 is 2.55 bits per heavy atom. The lowest BCUT2D eigenvalue weighted by atomic mass is 10.1. The maximum Gasteiger partial charge on any atom is 0.151 e. The highest BCUT2D eigenvalue weighted by Gasteiger charge is 2.33. The van der Waals surface area contributed by atoms with Gasteiger partial charge in [-0.05, 0) is 18.6 Å². The highest BCUT2D eigenvalue weighted by molar-refractivity contribution is 7.91. The fourth-order valence-electron chi connectivity index (χ4n) is 2.74. The number of benzene rings is 1. The molecule has 7 heteroatoms. The van der Waals surface area contributed by atoms with Gasteiger partial charge in [-0.2, -0.15) is 0 Å². The van der Waals surface area contributed by atoms with E-state index >= 15 is 0 Å². The van der Waals surface area contributed by atoms with Gasteiger partial charge in [-0.15, -0.1) is 6.58 Å². The van der Waals surface area contributed by atoms with E-state index in [1.165, 1.54) is 6.07 Å². The van der Waals surface area contributed by atoms with Crippen LogP contribution in [0, 0.1) is 11.6 Å². The van der Waals surface area contributed by atoms with Crippen LogP contribution in [0.1, 0.15) is 18.1 Å². The van der Waals surface area contributed by atoms with Crippen LogP contribution in [0.2, 0.25) is 0 Å². The standard InChI is InChI=1S/C15H19F2NO3S/c1-2-7-18(11-6-8-22(20,21)10-11)9-14(19)15-12(16)4-3-5-13(15)17/h2-5,11,14,19H,1,6-10H2. The molecule has 1 saturated heterocycles. The molecule has 22 heavy (non-hydrogen) atoms. The zero-order chi connectivity index (χ0) is 16.3. The van der Waals surface area contributed by atoms with Crippen molar-refractivity contribution in [2.75, 3.05) is 24.6 Å². The van der Waals surface area contributed by atoms with Crippen LogP contribution in [-0.2, 0) is 9.84 Å². The predicted octanol–water partition coefficient (Wildman–Crippen LogP) is 1.67. The van der Waals surface area contributed by atoms with Crippen LogP contribution >= 0.6 is 0 Å². The minimum absolute atomic E-state index is 0.00663. The number of rotatable bonds is 6. The van der Waals surface area contributed by atoms with E-state index in [2.05, 4.69) is 6.58 Å². The van der Waals surface area contributed by atoms with Gasteiger partial charge in [-0.25, -0.2) is 17.2 Å².